The molecule has 0 fully saturated rings. The minimum atomic E-state index is 1.14. The maximum Gasteiger partial charge on any atom is 0.0468 e. The number of hydrogen-bond acceptors (Lipinski definition) is 1. The molecule has 10 rings (SSSR count). The minimum Gasteiger partial charge on any atom is -0.310 e. The van der Waals surface area contributed by atoms with Crippen LogP contribution < -0.4 is 4.90 Å². The Morgan fingerprint density at radius 3 is 1.49 bits per heavy atom. The van der Waals surface area contributed by atoms with Gasteiger partial charge >= 0.3 is 0 Å². The fourth-order valence-corrected chi connectivity index (χ4v) is 8.04. The number of benzene rings is 10. The predicted octanol–water partition coefficient (Wildman–Crippen LogP) is 14.3. The lowest BCUT2D eigenvalue weighted by Gasteiger charge is -2.25. The summed E-state index contributed by atoms with van der Waals surface area (Å²) in [7, 11) is 0. The number of hydrogen-bond donors (Lipinski definition) is 0. The quantitative estimate of drug-likeness (QED) is 0.168. The van der Waals surface area contributed by atoms with Gasteiger partial charge in [-0.15, -0.1) is 0 Å². The summed E-state index contributed by atoms with van der Waals surface area (Å²) < 4.78 is 0. The van der Waals surface area contributed by atoms with Crippen molar-refractivity contribution in [3.63, 3.8) is 0 Å². The summed E-state index contributed by atoms with van der Waals surface area (Å²) >= 11 is 0. The molecule has 10 aromatic rings. The Balaban J connectivity index is 1.17. The van der Waals surface area contributed by atoms with Crippen molar-refractivity contribution in [1.29, 1.82) is 0 Å². The Kier molecular flexibility index (Phi) is 6.89. The summed E-state index contributed by atoms with van der Waals surface area (Å²) in [6.45, 7) is 0. The first-order valence-corrected chi connectivity index (χ1v) is 17.6. The van der Waals surface area contributed by atoms with E-state index in [0.717, 1.165) is 17.1 Å². The molecule has 0 spiro atoms. The van der Waals surface area contributed by atoms with Crippen molar-refractivity contribution < 1.29 is 0 Å². The maximum absolute atomic E-state index is 2.42. The molecule has 0 aliphatic heterocycles. The van der Waals surface area contributed by atoms with Crippen LogP contribution in [0.25, 0.3) is 76.1 Å². The second-order valence-corrected chi connectivity index (χ2v) is 13.3. The molecule has 0 aliphatic carbocycles. The fraction of sp³-hybridized carbons (Fsp3) is 0. The van der Waals surface area contributed by atoms with E-state index in [4.69, 9.17) is 0 Å². The highest BCUT2D eigenvalue weighted by Gasteiger charge is 2.17. The summed E-state index contributed by atoms with van der Waals surface area (Å²) in [4.78, 5) is 2.32. The lowest BCUT2D eigenvalue weighted by atomic mass is 9.86. The number of nitrogens with zero attached hydrogens (tertiary/aromatic N) is 1. The van der Waals surface area contributed by atoms with Crippen LogP contribution in [0, 0.1) is 0 Å². The average Bonchev–Trinajstić information content (AvgIpc) is 3.20. The van der Waals surface area contributed by atoms with E-state index in [1.54, 1.807) is 0 Å². The number of rotatable bonds is 5. The van der Waals surface area contributed by atoms with E-state index in [1.165, 1.54) is 76.1 Å². The zero-order valence-electron chi connectivity index (χ0n) is 28.0. The summed E-state index contributed by atoms with van der Waals surface area (Å²) in [6.07, 6.45) is 0. The topological polar surface area (TPSA) is 3.24 Å². The van der Waals surface area contributed by atoms with Crippen LogP contribution in [0.1, 0.15) is 0 Å². The molecule has 0 atom stereocenters. The number of anilines is 3. The van der Waals surface area contributed by atoms with Gasteiger partial charge in [0, 0.05) is 17.1 Å². The standard InChI is InChI=1S/C50H33N/c1-3-16-39(17-4-1)51(40-18-5-2-6-19-40)41-29-28-35-30-37(27-26-36(35)31-41)48-32-38-33-49(43-25-13-15-34-14-7-8-20-42(34)43)45-22-10-12-24-47(45)50(38)46-23-11-9-21-44(46)48/h1-33H. The van der Waals surface area contributed by atoms with Gasteiger partial charge in [-0.05, 0) is 131 Å². The van der Waals surface area contributed by atoms with Gasteiger partial charge in [-0.1, -0.05) is 146 Å². The summed E-state index contributed by atoms with van der Waals surface area (Å²) in [5.74, 6) is 0. The number of para-hydroxylation sites is 2. The molecular formula is C50H33N. The van der Waals surface area contributed by atoms with Crippen molar-refractivity contribution in [2.75, 3.05) is 4.90 Å². The van der Waals surface area contributed by atoms with Crippen LogP contribution in [0.15, 0.2) is 200 Å². The monoisotopic (exact) mass is 647 g/mol. The number of fused-ring (bicyclic) bond motifs is 7. The summed E-state index contributed by atoms with van der Waals surface area (Å²) in [5.41, 5.74) is 8.41. The van der Waals surface area contributed by atoms with Gasteiger partial charge in [0.15, 0.2) is 0 Å². The third-order valence-electron chi connectivity index (χ3n) is 10.4. The largest absolute Gasteiger partial charge is 0.310 e. The van der Waals surface area contributed by atoms with E-state index < -0.39 is 0 Å². The third-order valence-corrected chi connectivity index (χ3v) is 10.4. The van der Waals surface area contributed by atoms with Crippen LogP contribution >= 0.6 is 0 Å². The summed E-state index contributed by atoms with van der Waals surface area (Å²) in [6, 6.07) is 73.0. The van der Waals surface area contributed by atoms with Gasteiger partial charge in [-0.3, -0.25) is 0 Å². The first-order valence-electron chi connectivity index (χ1n) is 17.6. The van der Waals surface area contributed by atoms with E-state index in [1.807, 2.05) is 0 Å². The fourth-order valence-electron chi connectivity index (χ4n) is 8.04. The molecule has 0 unspecified atom stereocenters. The van der Waals surface area contributed by atoms with Crippen molar-refractivity contribution in [1.82, 2.24) is 0 Å². The van der Waals surface area contributed by atoms with E-state index in [-0.39, 0.29) is 0 Å². The molecule has 0 bridgehead atoms. The van der Waals surface area contributed by atoms with Crippen LogP contribution in [-0.4, -0.2) is 0 Å². The van der Waals surface area contributed by atoms with Crippen LogP contribution in [0.5, 0.6) is 0 Å². The molecule has 0 radical (unpaired) electrons. The molecule has 51 heavy (non-hydrogen) atoms. The average molecular weight is 648 g/mol. The Bertz CT molecular complexity index is 2860. The van der Waals surface area contributed by atoms with Gasteiger partial charge in [0.05, 0.1) is 0 Å². The molecule has 0 aliphatic rings. The molecule has 0 amide bonds. The normalized spacial score (nSPS) is 11.5. The van der Waals surface area contributed by atoms with Gasteiger partial charge in [-0.2, -0.15) is 0 Å². The second kappa shape index (κ2) is 12.0. The van der Waals surface area contributed by atoms with Crippen LogP contribution in [0.2, 0.25) is 0 Å². The highest BCUT2D eigenvalue weighted by atomic mass is 15.1. The van der Waals surface area contributed by atoms with Gasteiger partial charge in [0.25, 0.3) is 0 Å². The molecule has 0 N–H and O–H groups in total. The van der Waals surface area contributed by atoms with Crippen LogP contribution in [0.3, 0.4) is 0 Å². The highest BCUT2D eigenvalue weighted by molar-refractivity contribution is 6.26. The minimum absolute atomic E-state index is 1.14. The lowest BCUT2D eigenvalue weighted by molar-refractivity contribution is 1.29. The first kappa shape index (κ1) is 29.2. The second-order valence-electron chi connectivity index (χ2n) is 13.3. The molecule has 1 heteroatoms. The van der Waals surface area contributed by atoms with Crippen molar-refractivity contribution >= 4 is 70.9 Å². The first-order chi connectivity index (χ1) is 25.3. The Labute approximate surface area is 297 Å². The molecule has 0 heterocycles. The van der Waals surface area contributed by atoms with Crippen molar-refractivity contribution in [2.45, 2.75) is 0 Å². The van der Waals surface area contributed by atoms with E-state index >= 15 is 0 Å². The predicted molar refractivity (Wildman–Crippen MR) is 220 cm³/mol. The zero-order chi connectivity index (χ0) is 33.7. The van der Waals surface area contributed by atoms with E-state index in [2.05, 4.69) is 205 Å². The van der Waals surface area contributed by atoms with Gasteiger partial charge in [0.1, 0.15) is 0 Å². The lowest BCUT2D eigenvalue weighted by Crippen LogP contribution is -2.09. The Hall–Kier alpha value is -6.70. The zero-order valence-corrected chi connectivity index (χ0v) is 28.0. The molecule has 1 nitrogen and oxygen atoms in total. The molecule has 238 valence electrons. The molecule has 0 aromatic heterocycles. The van der Waals surface area contributed by atoms with Crippen molar-refractivity contribution in [2.24, 2.45) is 0 Å². The van der Waals surface area contributed by atoms with Crippen molar-refractivity contribution in [3.8, 4) is 22.3 Å². The van der Waals surface area contributed by atoms with Gasteiger partial charge < -0.3 is 4.90 Å². The van der Waals surface area contributed by atoms with E-state index in [9.17, 15) is 0 Å². The van der Waals surface area contributed by atoms with Crippen LogP contribution in [-0.2, 0) is 0 Å². The molecule has 0 saturated carbocycles. The Morgan fingerprint density at radius 1 is 0.255 bits per heavy atom. The van der Waals surface area contributed by atoms with Crippen LogP contribution in [0.4, 0.5) is 17.1 Å². The third kappa shape index (κ3) is 4.94. The molecular weight excluding hydrogens is 615 g/mol. The SMILES string of the molecule is c1ccc(N(c2ccccc2)c2ccc3cc(-c4cc5cc(-c6cccc7ccccc67)c6ccccc6c5c5ccccc45)ccc3c2)cc1. The van der Waals surface area contributed by atoms with Crippen molar-refractivity contribution in [3.05, 3.63) is 200 Å². The van der Waals surface area contributed by atoms with Gasteiger partial charge in [0.2, 0.25) is 0 Å². The summed E-state index contributed by atoms with van der Waals surface area (Å²) in [5, 5.41) is 12.6. The van der Waals surface area contributed by atoms with E-state index in [0.29, 0.717) is 0 Å². The molecule has 10 aromatic carbocycles. The maximum atomic E-state index is 2.42. The Morgan fingerprint density at radius 2 is 0.784 bits per heavy atom. The molecule has 0 saturated heterocycles. The smallest absolute Gasteiger partial charge is 0.0468 e. The van der Waals surface area contributed by atoms with Gasteiger partial charge in [-0.25, -0.2) is 0 Å². The highest BCUT2D eigenvalue weighted by Crippen LogP contribution is 2.44.